The molecule has 4 N–H and O–H groups in total. The first-order valence-corrected chi connectivity index (χ1v) is 5.36. The summed E-state index contributed by atoms with van der Waals surface area (Å²) in [5.74, 6) is -0.345. The van der Waals surface area contributed by atoms with E-state index < -0.39 is 12.2 Å². The molecule has 2 atom stereocenters. The van der Waals surface area contributed by atoms with Crippen molar-refractivity contribution in [2.75, 3.05) is 0 Å². The Balaban J connectivity index is 2.49. The second kappa shape index (κ2) is 5.72. The van der Waals surface area contributed by atoms with Crippen LogP contribution in [-0.4, -0.2) is 32.6 Å². The maximum absolute atomic E-state index is 9.66. The van der Waals surface area contributed by atoms with Gasteiger partial charge in [0.05, 0.1) is 12.2 Å². The third kappa shape index (κ3) is 4.08. The van der Waals surface area contributed by atoms with E-state index in [2.05, 4.69) is 0 Å². The van der Waals surface area contributed by atoms with Crippen LogP contribution in [0, 0.1) is 0 Å². The maximum atomic E-state index is 9.66. The van der Waals surface area contributed by atoms with Gasteiger partial charge < -0.3 is 20.4 Å². The molecule has 1 rings (SSSR count). The first-order valence-electron chi connectivity index (χ1n) is 5.36. The molecule has 16 heavy (non-hydrogen) atoms. The lowest BCUT2D eigenvalue weighted by Gasteiger charge is -2.12. The van der Waals surface area contributed by atoms with Crippen LogP contribution in [0.2, 0.25) is 0 Å². The molecule has 0 fully saturated rings. The van der Waals surface area contributed by atoms with Crippen LogP contribution < -0.4 is 0 Å². The van der Waals surface area contributed by atoms with Crippen molar-refractivity contribution in [2.45, 2.75) is 38.4 Å². The Labute approximate surface area is 94.8 Å². The van der Waals surface area contributed by atoms with Gasteiger partial charge in [0.1, 0.15) is 0 Å². The Kier molecular flexibility index (Phi) is 4.58. The second-order valence-corrected chi connectivity index (χ2v) is 4.11. The molecule has 2 unspecified atom stereocenters. The highest BCUT2D eigenvalue weighted by molar-refractivity contribution is 5.40. The van der Waals surface area contributed by atoms with Gasteiger partial charge in [0.25, 0.3) is 0 Å². The number of rotatable bonds is 5. The normalized spacial score (nSPS) is 14.7. The van der Waals surface area contributed by atoms with Crippen LogP contribution in [0.4, 0.5) is 0 Å². The molecule has 0 radical (unpaired) electrons. The number of hydrogen-bond donors (Lipinski definition) is 4. The number of aliphatic hydroxyl groups excluding tert-OH is 2. The molecule has 0 aromatic heterocycles. The first-order chi connectivity index (χ1) is 7.49. The van der Waals surface area contributed by atoms with Crippen molar-refractivity contribution in [2.24, 2.45) is 0 Å². The minimum absolute atomic E-state index is 0.165. The van der Waals surface area contributed by atoms with Crippen LogP contribution in [0.15, 0.2) is 18.2 Å². The zero-order valence-corrected chi connectivity index (χ0v) is 9.30. The standard InChI is InChI=1S/C12H18O4/c1-8(13)2-4-10(14)6-9-3-5-11(15)12(16)7-9/h3,5,7-8,10,13-16H,2,4,6H2,1H3. The molecule has 1 aromatic carbocycles. The minimum Gasteiger partial charge on any atom is -0.504 e. The Bertz CT molecular complexity index is 336. The van der Waals surface area contributed by atoms with Gasteiger partial charge in [-0.3, -0.25) is 0 Å². The molecule has 0 saturated heterocycles. The van der Waals surface area contributed by atoms with Gasteiger partial charge in [-0.2, -0.15) is 0 Å². The molecular weight excluding hydrogens is 208 g/mol. The molecule has 0 aliphatic carbocycles. The largest absolute Gasteiger partial charge is 0.504 e. The number of aliphatic hydroxyl groups is 2. The highest BCUT2D eigenvalue weighted by atomic mass is 16.3. The summed E-state index contributed by atoms with van der Waals surface area (Å²) < 4.78 is 0. The highest BCUT2D eigenvalue weighted by Gasteiger charge is 2.09. The van der Waals surface area contributed by atoms with E-state index in [4.69, 9.17) is 10.2 Å². The molecule has 1 aromatic rings. The minimum atomic E-state index is -0.543. The molecule has 0 saturated carbocycles. The summed E-state index contributed by atoms with van der Waals surface area (Å²) in [7, 11) is 0. The number of hydrogen-bond acceptors (Lipinski definition) is 4. The van der Waals surface area contributed by atoms with Crippen LogP contribution >= 0.6 is 0 Å². The average molecular weight is 226 g/mol. The molecule has 0 bridgehead atoms. The van der Waals surface area contributed by atoms with Gasteiger partial charge in [0.15, 0.2) is 11.5 Å². The lowest BCUT2D eigenvalue weighted by molar-refractivity contribution is 0.123. The lowest BCUT2D eigenvalue weighted by Crippen LogP contribution is -2.13. The third-order valence-corrected chi connectivity index (χ3v) is 2.43. The summed E-state index contributed by atoms with van der Waals surface area (Å²) in [6, 6.07) is 4.48. The van der Waals surface area contributed by atoms with Crippen molar-refractivity contribution in [1.29, 1.82) is 0 Å². The van der Waals surface area contributed by atoms with Gasteiger partial charge in [-0.15, -0.1) is 0 Å². The average Bonchev–Trinajstić information content (AvgIpc) is 2.21. The van der Waals surface area contributed by atoms with Crippen LogP contribution in [-0.2, 0) is 6.42 Å². The van der Waals surface area contributed by atoms with Crippen LogP contribution in [0.25, 0.3) is 0 Å². The molecule has 0 aliphatic heterocycles. The van der Waals surface area contributed by atoms with Gasteiger partial charge in [-0.25, -0.2) is 0 Å². The topological polar surface area (TPSA) is 80.9 Å². The lowest BCUT2D eigenvalue weighted by atomic mass is 10.0. The predicted molar refractivity (Wildman–Crippen MR) is 60.4 cm³/mol. The van der Waals surface area contributed by atoms with Gasteiger partial charge in [-0.1, -0.05) is 6.07 Å². The summed E-state index contributed by atoms with van der Waals surface area (Å²) in [6.07, 6.45) is 0.506. The predicted octanol–water partition coefficient (Wildman–Crippen LogP) is 1.16. The van der Waals surface area contributed by atoms with E-state index in [0.29, 0.717) is 19.3 Å². The number of benzene rings is 1. The zero-order valence-electron chi connectivity index (χ0n) is 9.30. The zero-order chi connectivity index (χ0) is 12.1. The smallest absolute Gasteiger partial charge is 0.157 e. The summed E-state index contributed by atoms with van der Waals surface area (Å²) in [4.78, 5) is 0. The monoisotopic (exact) mass is 226 g/mol. The summed E-state index contributed by atoms with van der Waals surface area (Å²) in [6.45, 7) is 1.68. The molecule has 0 amide bonds. The Hall–Kier alpha value is -1.26. The first kappa shape index (κ1) is 12.8. The van der Waals surface area contributed by atoms with Crippen LogP contribution in [0.1, 0.15) is 25.3 Å². The fourth-order valence-electron chi connectivity index (χ4n) is 1.50. The molecule has 90 valence electrons. The van der Waals surface area contributed by atoms with Crippen molar-refractivity contribution in [3.63, 3.8) is 0 Å². The Morgan fingerprint density at radius 1 is 1.06 bits per heavy atom. The quantitative estimate of drug-likeness (QED) is 0.568. The number of aromatic hydroxyl groups is 2. The van der Waals surface area contributed by atoms with Gasteiger partial charge >= 0.3 is 0 Å². The maximum Gasteiger partial charge on any atom is 0.157 e. The summed E-state index contributed by atoms with van der Waals surface area (Å²) in [5, 5.41) is 37.1. The molecule has 0 aliphatic rings. The van der Waals surface area contributed by atoms with E-state index in [1.165, 1.54) is 12.1 Å². The Morgan fingerprint density at radius 2 is 1.75 bits per heavy atom. The van der Waals surface area contributed by atoms with E-state index in [-0.39, 0.29) is 11.5 Å². The fourth-order valence-corrected chi connectivity index (χ4v) is 1.50. The van der Waals surface area contributed by atoms with E-state index in [9.17, 15) is 10.2 Å². The SMILES string of the molecule is CC(O)CCC(O)Cc1ccc(O)c(O)c1. The Morgan fingerprint density at radius 3 is 2.31 bits per heavy atom. The number of phenols is 2. The molecular formula is C12H18O4. The number of phenolic OH excluding ortho intramolecular Hbond substituents is 2. The second-order valence-electron chi connectivity index (χ2n) is 4.11. The van der Waals surface area contributed by atoms with E-state index >= 15 is 0 Å². The molecule has 4 nitrogen and oxygen atoms in total. The van der Waals surface area contributed by atoms with Crippen LogP contribution in [0.5, 0.6) is 11.5 Å². The molecule has 0 heterocycles. The molecule has 0 spiro atoms. The van der Waals surface area contributed by atoms with Crippen molar-refractivity contribution in [3.8, 4) is 11.5 Å². The van der Waals surface area contributed by atoms with Crippen molar-refractivity contribution in [3.05, 3.63) is 23.8 Å². The van der Waals surface area contributed by atoms with Crippen molar-refractivity contribution < 1.29 is 20.4 Å². The van der Waals surface area contributed by atoms with Crippen LogP contribution in [0.3, 0.4) is 0 Å². The van der Waals surface area contributed by atoms with E-state index in [1.807, 2.05) is 0 Å². The molecule has 4 heteroatoms. The van der Waals surface area contributed by atoms with Crippen molar-refractivity contribution >= 4 is 0 Å². The van der Waals surface area contributed by atoms with Gasteiger partial charge in [0, 0.05) is 0 Å². The highest BCUT2D eigenvalue weighted by Crippen LogP contribution is 2.25. The van der Waals surface area contributed by atoms with Crippen molar-refractivity contribution in [1.82, 2.24) is 0 Å². The summed E-state index contributed by atoms with van der Waals surface area (Å²) >= 11 is 0. The van der Waals surface area contributed by atoms with E-state index in [1.54, 1.807) is 13.0 Å². The van der Waals surface area contributed by atoms with Gasteiger partial charge in [0.2, 0.25) is 0 Å². The van der Waals surface area contributed by atoms with E-state index in [0.717, 1.165) is 5.56 Å². The summed E-state index contributed by atoms with van der Waals surface area (Å²) in [5.41, 5.74) is 0.758. The fraction of sp³-hybridized carbons (Fsp3) is 0.500. The van der Waals surface area contributed by atoms with Gasteiger partial charge in [-0.05, 0) is 43.9 Å². The third-order valence-electron chi connectivity index (χ3n) is 2.43.